The Bertz CT molecular complexity index is 524. The summed E-state index contributed by atoms with van der Waals surface area (Å²) < 4.78 is 10.0. The second kappa shape index (κ2) is 6.44. The molecule has 0 aliphatic rings. The highest BCUT2D eigenvalue weighted by Gasteiger charge is 2.13. The summed E-state index contributed by atoms with van der Waals surface area (Å²) in [6.07, 6.45) is 0. The van der Waals surface area contributed by atoms with Crippen LogP contribution in [0.3, 0.4) is 0 Å². The second-order valence-corrected chi connectivity index (χ2v) is 4.92. The number of nitrogens with zero attached hydrogens (tertiary/aromatic N) is 3. The van der Waals surface area contributed by atoms with Gasteiger partial charge >= 0.3 is 5.97 Å². The van der Waals surface area contributed by atoms with E-state index in [1.54, 1.807) is 30.2 Å². The van der Waals surface area contributed by atoms with Crippen molar-refractivity contribution in [1.82, 2.24) is 15.0 Å². The number of likely N-dealkylation sites (N-methyl/N-ethyl adjacent to an activating group) is 1. The lowest BCUT2D eigenvalue weighted by molar-refractivity contribution is -0.144. The predicted octanol–water partition coefficient (Wildman–Crippen LogP) is 1.79. The lowest BCUT2D eigenvalue weighted by Crippen LogP contribution is -2.27. The minimum Gasteiger partial charge on any atom is -0.465 e. The maximum atomic E-state index is 11.3. The first kappa shape index (κ1) is 13.7. The molecular formula is C12H15N3O3S. The highest BCUT2D eigenvalue weighted by atomic mass is 32.1. The molecule has 0 radical (unpaired) electrons. The number of carbonyl (C=O) groups excluding carboxylic acids is 1. The van der Waals surface area contributed by atoms with Crippen LogP contribution in [0.15, 0.2) is 22.0 Å². The van der Waals surface area contributed by atoms with Crippen molar-refractivity contribution >= 4 is 17.3 Å². The fourth-order valence-electron chi connectivity index (χ4n) is 1.54. The van der Waals surface area contributed by atoms with E-state index in [-0.39, 0.29) is 12.5 Å². The summed E-state index contributed by atoms with van der Waals surface area (Å²) in [4.78, 5) is 18.3. The highest BCUT2D eigenvalue weighted by Crippen LogP contribution is 2.22. The van der Waals surface area contributed by atoms with Gasteiger partial charge in [-0.2, -0.15) is 4.98 Å². The third kappa shape index (κ3) is 3.87. The van der Waals surface area contributed by atoms with Crippen molar-refractivity contribution in [2.24, 2.45) is 0 Å². The zero-order valence-corrected chi connectivity index (χ0v) is 11.6. The van der Waals surface area contributed by atoms with Gasteiger partial charge in [-0.15, -0.1) is 11.3 Å². The quantitative estimate of drug-likeness (QED) is 0.752. The molecule has 6 nitrogen and oxygen atoms in total. The maximum absolute atomic E-state index is 11.3. The first-order chi connectivity index (χ1) is 9.19. The van der Waals surface area contributed by atoms with E-state index in [0.717, 1.165) is 4.88 Å². The lowest BCUT2D eigenvalue weighted by atomic mass is 10.4. The van der Waals surface area contributed by atoms with Gasteiger partial charge in [-0.3, -0.25) is 9.69 Å². The Morgan fingerprint density at radius 2 is 2.42 bits per heavy atom. The molecule has 2 rings (SSSR count). The summed E-state index contributed by atoms with van der Waals surface area (Å²) >= 11 is 1.54. The Hall–Kier alpha value is -1.73. The van der Waals surface area contributed by atoms with Crippen LogP contribution in [0.1, 0.15) is 12.7 Å². The summed E-state index contributed by atoms with van der Waals surface area (Å²) in [5.41, 5.74) is 0. The molecule has 0 amide bonds. The number of carbonyl (C=O) groups is 1. The molecule has 19 heavy (non-hydrogen) atoms. The number of hydrogen-bond donors (Lipinski definition) is 0. The van der Waals surface area contributed by atoms with Crippen molar-refractivity contribution in [3.8, 4) is 10.8 Å². The standard InChI is InChI=1S/C12H15N3O3S/c1-3-17-11(16)8-15(2)7-10-13-12(18-14-10)9-5-4-6-19-9/h4-6H,3,7-8H2,1-2H3. The molecular weight excluding hydrogens is 266 g/mol. The van der Waals surface area contributed by atoms with Gasteiger partial charge in [-0.25, -0.2) is 0 Å². The first-order valence-corrected chi connectivity index (χ1v) is 6.77. The van der Waals surface area contributed by atoms with E-state index in [0.29, 0.717) is 24.9 Å². The molecule has 2 heterocycles. The third-order valence-electron chi connectivity index (χ3n) is 2.32. The van der Waals surface area contributed by atoms with Gasteiger partial charge < -0.3 is 9.26 Å². The van der Waals surface area contributed by atoms with Crippen LogP contribution >= 0.6 is 11.3 Å². The van der Waals surface area contributed by atoms with Crippen molar-refractivity contribution in [1.29, 1.82) is 0 Å². The van der Waals surface area contributed by atoms with Crippen molar-refractivity contribution in [2.75, 3.05) is 20.2 Å². The third-order valence-corrected chi connectivity index (χ3v) is 3.17. The van der Waals surface area contributed by atoms with Crippen LogP contribution in [0.5, 0.6) is 0 Å². The van der Waals surface area contributed by atoms with E-state index in [9.17, 15) is 4.79 Å². The fraction of sp³-hybridized carbons (Fsp3) is 0.417. The van der Waals surface area contributed by atoms with Crippen LogP contribution < -0.4 is 0 Å². The Balaban J connectivity index is 1.91. The van der Waals surface area contributed by atoms with E-state index in [1.807, 2.05) is 17.5 Å². The van der Waals surface area contributed by atoms with Crippen molar-refractivity contribution in [3.05, 3.63) is 23.3 Å². The van der Waals surface area contributed by atoms with Crippen LogP contribution in [0.4, 0.5) is 0 Å². The highest BCUT2D eigenvalue weighted by molar-refractivity contribution is 7.13. The summed E-state index contributed by atoms with van der Waals surface area (Å²) in [6.45, 7) is 2.81. The van der Waals surface area contributed by atoms with Crippen LogP contribution in [-0.2, 0) is 16.1 Å². The molecule has 0 spiro atoms. The number of thiophene rings is 1. The van der Waals surface area contributed by atoms with Crippen LogP contribution in [-0.4, -0.2) is 41.2 Å². The fourth-order valence-corrected chi connectivity index (χ4v) is 2.19. The van der Waals surface area contributed by atoms with E-state index in [1.165, 1.54) is 0 Å². The molecule has 102 valence electrons. The van der Waals surface area contributed by atoms with Crippen LogP contribution in [0.2, 0.25) is 0 Å². The summed E-state index contributed by atoms with van der Waals surface area (Å²) in [7, 11) is 1.80. The van der Waals surface area contributed by atoms with E-state index >= 15 is 0 Å². The Labute approximate surface area is 115 Å². The first-order valence-electron chi connectivity index (χ1n) is 5.89. The molecule has 0 atom stereocenters. The molecule has 0 saturated carbocycles. The van der Waals surface area contributed by atoms with Gasteiger partial charge in [0.2, 0.25) is 0 Å². The summed E-state index contributed by atoms with van der Waals surface area (Å²) in [5, 5.41) is 5.84. The number of rotatable bonds is 6. The molecule has 0 N–H and O–H groups in total. The Kier molecular flexibility index (Phi) is 4.64. The molecule has 0 unspecified atom stereocenters. The molecule has 0 fully saturated rings. The van der Waals surface area contributed by atoms with Crippen molar-refractivity contribution < 1.29 is 14.1 Å². The van der Waals surface area contributed by atoms with E-state index in [2.05, 4.69) is 10.1 Å². The SMILES string of the molecule is CCOC(=O)CN(C)Cc1noc(-c2cccs2)n1. The normalized spacial score (nSPS) is 10.9. The monoisotopic (exact) mass is 281 g/mol. The molecule has 0 bridgehead atoms. The van der Waals surface area contributed by atoms with Crippen molar-refractivity contribution in [3.63, 3.8) is 0 Å². The lowest BCUT2D eigenvalue weighted by Gasteiger charge is -2.12. The smallest absolute Gasteiger partial charge is 0.320 e. The second-order valence-electron chi connectivity index (χ2n) is 3.97. The number of esters is 1. The number of aromatic nitrogens is 2. The molecule has 0 aromatic carbocycles. The van der Waals surface area contributed by atoms with E-state index < -0.39 is 0 Å². The van der Waals surface area contributed by atoms with Gasteiger partial charge in [0, 0.05) is 0 Å². The van der Waals surface area contributed by atoms with Crippen LogP contribution in [0.25, 0.3) is 10.8 Å². The zero-order chi connectivity index (χ0) is 13.7. The van der Waals surface area contributed by atoms with Crippen molar-refractivity contribution in [2.45, 2.75) is 13.5 Å². The molecule has 0 aliphatic carbocycles. The van der Waals surface area contributed by atoms with Gasteiger partial charge in [0.15, 0.2) is 5.82 Å². The molecule has 2 aromatic heterocycles. The van der Waals surface area contributed by atoms with Gasteiger partial charge in [-0.05, 0) is 25.4 Å². The molecule has 7 heteroatoms. The number of ether oxygens (including phenoxy) is 1. The minimum absolute atomic E-state index is 0.205. The maximum Gasteiger partial charge on any atom is 0.320 e. The average Bonchev–Trinajstić information content (AvgIpc) is 2.98. The zero-order valence-electron chi connectivity index (χ0n) is 10.8. The Morgan fingerprint density at radius 3 is 3.11 bits per heavy atom. The van der Waals surface area contributed by atoms with Gasteiger partial charge in [-0.1, -0.05) is 11.2 Å². The topological polar surface area (TPSA) is 68.5 Å². The molecule has 0 saturated heterocycles. The number of hydrogen-bond acceptors (Lipinski definition) is 7. The summed E-state index contributed by atoms with van der Waals surface area (Å²) in [6, 6.07) is 3.85. The average molecular weight is 281 g/mol. The van der Waals surface area contributed by atoms with Crippen LogP contribution in [0, 0.1) is 0 Å². The Morgan fingerprint density at radius 1 is 1.58 bits per heavy atom. The predicted molar refractivity (Wildman–Crippen MR) is 70.6 cm³/mol. The molecule has 2 aromatic rings. The van der Waals surface area contributed by atoms with Gasteiger partial charge in [0.05, 0.1) is 24.6 Å². The van der Waals surface area contributed by atoms with E-state index in [4.69, 9.17) is 9.26 Å². The minimum atomic E-state index is -0.257. The molecule has 0 aliphatic heterocycles. The van der Waals surface area contributed by atoms with Gasteiger partial charge in [0.25, 0.3) is 5.89 Å². The summed E-state index contributed by atoms with van der Waals surface area (Å²) in [5.74, 6) is 0.803. The largest absolute Gasteiger partial charge is 0.465 e. The van der Waals surface area contributed by atoms with Gasteiger partial charge in [0.1, 0.15) is 0 Å².